The maximum absolute atomic E-state index is 13.7. The van der Waals surface area contributed by atoms with Gasteiger partial charge in [0, 0.05) is 65.7 Å². The Hall–Kier alpha value is -4.55. The van der Waals surface area contributed by atoms with E-state index in [1.165, 1.54) is 35.2 Å². The summed E-state index contributed by atoms with van der Waals surface area (Å²) in [5, 5.41) is 0.379. The summed E-state index contributed by atoms with van der Waals surface area (Å²) in [6.07, 6.45) is -0.492. The van der Waals surface area contributed by atoms with Crippen LogP contribution in [0.1, 0.15) is 5.56 Å². The van der Waals surface area contributed by atoms with E-state index >= 15 is 0 Å². The molecular formula is C24H18F5N5O3. The number of hydrogen-bond acceptors (Lipinski definition) is 7. The lowest BCUT2D eigenvalue weighted by Gasteiger charge is -2.15. The predicted octanol–water partition coefficient (Wildman–Crippen LogP) is 4.62. The fraction of sp³-hybridized carbons (Fsp3) is 0.167. The van der Waals surface area contributed by atoms with E-state index in [9.17, 15) is 26.7 Å². The zero-order chi connectivity index (χ0) is 26.7. The maximum Gasteiger partial charge on any atom is 0.422 e. The molecule has 0 aliphatic rings. The minimum absolute atomic E-state index is 0.0241. The van der Waals surface area contributed by atoms with Gasteiger partial charge in [-0.25, -0.2) is 9.97 Å². The fourth-order valence-electron chi connectivity index (χ4n) is 3.52. The Morgan fingerprint density at radius 3 is 2.54 bits per heavy atom. The van der Waals surface area contributed by atoms with Crippen LogP contribution < -0.4 is 20.8 Å². The van der Waals surface area contributed by atoms with Gasteiger partial charge in [0.05, 0.1) is 11.1 Å². The molecular weight excluding hydrogens is 501 g/mol. The van der Waals surface area contributed by atoms with E-state index in [4.69, 9.17) is 10.5 Å². The number of benzene rings is 1. The second-order valence-corrected chi connectivity index (χ2v) is 7.63. The molecule has 8 nitrogen and oxygen atoms in total. The molecule has 0 saturated carbocycles. The fourth-order valence-corrected chi connectivity index (χ4v) is 3.52. The van der Waals surface area contributed by atoms with Crippen molar-refractivity contribution in [3.8, 4) is 28.6 Å². The van der Waals surface area contributed by atoms with Crippen LogP contribution in [0.4, 0.5) is 27.6 Å². The standard InChI is InChI=1S/C24H18F5N5O3/c1-31-9-15-8-16(4-5-17(15)30)34-11-14-3-7-19(36-12-24(27,28)29)33-21(14)20(22(34)35)13-2-6-18(32-10-13)37-23(25)26/h2-11,23H,12,30H2,1H3. The number of nitrogen functional groups attached to an aromatic ring is 1. The number of aliphatic imine (C=N–C) groups is 1. The first-order valence-corrected chi connectivity index (χ1v) is 10.5. The normalized spacial score (nSPS) is 12.0. The molecule has 0 saturated heterocycles. The van der Waals surface area contributed by atoms with Crippen molar-refractivity contribution in [2.45, 2.75) is 12.8 Å². The second-order valence-electron chi connectivity index (χ2n) is 7.63. The molecule has 13 heteroatoms. The van der Waals surface area contributed by atoms with Crippen molar-refractivity contribution >= 4 is 22.8 Å². The molecule has 0 spiro atoms. The third-order valence-corrected chi connectivity index (χ3v) is 5.07. The van der Waals surface area contributed by atoms with Crippen molar-refractivity contribution in [3.63, 3.8) is 0 Å². The van der Waals surface area contributed by atoms with E-state index in [2.05, 4.69) is 19.7 Å². The van der Waals surface area contributed by atoms with E-state index in [1.807, 2.05) is 0 Å². The Balaban J connectivity index is 1.93. The molecule has 4 rings (SSSR count). The van der Waals surface area contributed by atoms with Crippen molar-refractivity contribution in [2.75, 3.05) is 19.4 Å². The van der Waals surface area contributed by atoms with Crippen LogP contribution in [-0.2, 0) is 0 Å². The summed E-state index contributed by atoms with van der Waals surface area (Å²) in [5.41, 5.74) is 6.90. The average Bonchev–Trinajstić information content (AvgIpc) is 2.84. The Morgan fingerprint density at radius 2 is 1.89 bits per heavy atom. The molecule has 4 aromatic rings. The van der Waals surface area contributed by atoms with Crippen LogP contribution in [0.25, 0.3) is 27.7 Å². The van der Waals surface area contributed by atoms with E-state index in [0.29, 0.717) is 22.3 Å². The van der Waals surface area contributed by atoms with Crippen LogP contribution in [0, 0.1) is 0 Å². The molecule has 0 aliphatic heterocycles. The van der Waals surface area contributed by atoms with E-state index < -0.39 is 25.0 Å². The molecule has 0 bridgehead atoms. The quantitative estimate of drug-likeness (QED) is 0.217. The van der Waals surface area contributed by atoms with E-state index in [-0.39, 0.29) is 28.4 Å². The predicted molar refractivity (Wildman–Crippen MR) is 127 cm³/mol. The molecule has 0 amide bonds. The number of fused-ring (bicyclic) bond motifs is 1. The monoisotopic (exact) mass is 519 g/mol. The second kappa shape index (κ2) is 10.2. The van der Waals surface area contributed by atoms with Crippen molar-refractivity contribution in [1.29, 1.82) is 0 Å². The first-order valence-electron chi connectivity index (χ1n) is 10.5. The Labute approximate surface area is 205 Å². The number of ether oxygens (including phenoxy) is 2. The molecule has 0 unspecified atom stereocenters. The van der Waals surface area contributed by atoms with Crippen LogP contribution in [0.2, 0.25) is 0 Å². The lowest BCUT2D eigenvalue weighted by molar-refractivity contribution is -0.154. The van der Waals surface area contributed by atoms with Crippen LogP contribution in [0.15, 0.2) is 64.6 Å². The summed E-state index contributed by atoms with van der Waals surface area (Å²) < 4.78 is 73.3. The molecule has 2 N–H and O–H groups in total. The van der Waals surface area contributed by atoms with Gasteiger partial charge in [-0.1, -0.05) is 0 Å². The summed E-state index contributed by atoms with van der Waals surface area (Å²) in [6.45, 7) is -4.68. The third kappa shape index (κ3) is 5.82. The molecule has 3 aromatic heterocycles. The van der Waals surface area contributed by atoms with Gasteiger partial charge in [0.2, 0.25) is 11.8 Å². The smallest absolute Gasteiger partial charge is 0.422 e. The molecule has 0 fully saturated rings. The largest absolute Gasteiger partial charge is 0.468 e. The summed E-state index contributed by atoms with van der Waals surface area (Å²) in [6, 6.07) is 9.95. The van der Waals surface area contributed by atoms with Gasteiger partial charge < -0.3 is 15.2 Å². The lowest BCUT2D eigenvalue weighted by atomic mass is 10.1. The van der Waals surface area contributed by atoms with Gasteiger partial charge in [-0.3, -0.25) is 14.4 Å². The number of pyridine rings is 3. The topological polar surface area (TPSA) is 105 Å². The van der Waals surface area contributed by atoms with Gasteiger partial charge in [0.15, 0.2) is 6.61 Å². The minimum Gasteiger partial charge on any atom is -0.468 e. The van der Waals surface area contributed by atoms with Crippen molar-refractivity contribution < 1.29 is 31.4 Å². The number of rotatable bonds is 7. The highest BCUT2D eigenvalue weighted by atomic mass is 19.4. The van der Waals surface area contributed by atoms with Crippen LogP contribution >= 0.6 is 0 Å². The summed E-state index contributed by atoms with van der Waals surface area (Å²) in [4.78, 5) is 25.6. The van der Waals surface area contributed by atoms with Crippen LogP contribution in [-0.4, -0.2) is 47.2 Å². The SMILES string of the molecule is CN=Cc1cc(-n2cc3ccc(OCC(F)(F)F)nc3c(-c3ccc(OC(F)F)nc3)c2=O)ccc1N. The Morgan fingerprint density at radius 1 is 1.14 bits per heavy atom. The van der Waals surface area contributed by atoms with Gasteiger partial charge in [0.1, 0.15) is 0 Å². The maximum atomic E-state index is 13.7. The number of nitrogens with zero attached hydrogens (tertiary/aromatic N) is 4. The molecule has 0 atom stereocenters. The highest BCUT2D eigenvalue weighted by molar-refractivity contribution is 5.93. The Kier molecular flexibility index (Phi) is 7.05. The van der Waals surface area contributed by atoms with Gasteiger partial charge in [-0.2, -0.15) is 22.0 Å². The van der Waals surface area contributed by atoms with Gasteiger partial charge in [-0.05, 0) is 30.3 Å². The van der Waals surface area contributed by atoms with Gasteiger partial charge >= 0.3 is 12.8 Å². The Bertz CT molecular complexity index is 1520. The summed E-state index contributed by atoms with van der Waals surface area (Å²) >= 11 is 0. The summed E-state index contributed by atoms with van der Waals surface area (Å²) in [5.74, 6) is -0.744. The number of hydrogen-bond donors (Lipinski definition) is 1. The van der Waals surface area contributed by atoms with Crippen molar-refractivity contribution in [1.82, 2.24) is 14.5 Å². The molecule has 0 aliphatic carbocycles. The minimum atomic E-state index is -4.60. The first kappa shape index (κ1) is 25.5. The average molecular weight is 519 g/mol. The van der Waals surface area contributed by atoms with Crippen LogP contribution in [0.3, 0.4) is 0 Å². The summed E-state index contributed by atoms with van der Waals surface area (Å²) in [7, 11) is 1.56. The highest BCUT2D eigenvalue weighted by Crippen LogP contribution is 2.29. The van der Waals surface area contributed by atoms with Gasteiger partial charge in [-0.15, -0.1) is 0 Å². The van der Waals surface area contributed by atoms with Gasteiger partial charge in [0.25, 0.3) is 5.56 Å². The third-order valence-electron chi connectivity index (χ3n) is 5.07. The molecule has 37 heavy (non-hydrogen) atoms. The number of nitrogens with two attached hydrogens (primary N) is 1. The van der Waals surface area contributed by atoms with Crippen LogP contribution in [0.5, 0.6) is 11.8 Å². The molecule has 192 valence electrons. The van der Waals surface area contributed by atoms with Crippen molar-refractivity contribution in [2.24, 2.45) is 4.99 Å². The molecule has 3 heterocycles. The van der Waals surface area contributed by atoms with Crippen molar-refractivity contribution in [3.05, 3.63) is 70.8 Å². The molecule has 0 radical (unpaired) electrons. The first-order chi connectivity index (χ1) is 17.6. The van der Waals surface area contributed by atoms with E-state index in [1.54, 1.807) is 25.2 Å². The number of alkyl halides is 5. The molecule has 1 aromatic carbocycles. The number of aromatic nitrogens is 3. The zero-order valence-electron chi connectivity index (χ0n) is 19.0. The highest BCUT2D eigenvalue weighted by Gasteiger charge is 2.29. The number of anilines is 1. The van der Waals surface area contributed by atoms with E-state index in [0.717, 1.165) is 12.3 Å². The zero-order valence-corrected chi connectivity index (χ0v) is 19.0. The number of halogens is 5. The lowest BCUT2D eigenvalue weighted by Crippen LogP contribution is -2.22.